The molecule has 0 saturated carbocycles. The minimum Gasteiger partial charge on any atom is -0.478 e. The third-order valence-corrected chi connectivity index (χ3v) is 5.79. The Morgan fingerprint density at radius 2 is 1.95 bits per heavy atom. The van der Waals surface area contributed by atoms with Crippen LogP contribution >= 0.6 is 15.9 Å². The lowest BCUT2D eigenvalue weighted by Gasteiger charge is -2.43. The molecule has 0 atom stereocenters. The largest absolute Gasteiger partial charge is 0.478 e. The van der Waals surface area contributed by atoms with Crippen LogP contribution < -0.4 is 4.31 Å². The average molecular weight is 348 g/mol. The van der Waals surface area contributed by atoms with E-state index >= 15 is 0 Å². The zero-order valence-electron chi connectivity index (χ0n) is 10.0. The average Bonchev–Trinajstić information content (AvgIpc) is 2.28. The molecule has 19 heavy (non-hydrogen) atoms. The van der Waals surface area contributed by atoms with Gasteiger partial charge in [-0.1, -0.05) is 15.9 Å². The van der Waals surface area contributed by atoms with Crippen molar-refractivity contribution in [3.63, 3.8) is 0 Å². The molecular weight excluding hydrogens is 338 g/mol. The van der Waals surface area contributed by atoms with Crippen LogP contribution in [-0.2, 0) is 14.8 Å². The van der Waals surface area contributed by atoms with Gasteiger partial charge in [0.1, 0.15) is 0 Å². The Morgan fingerprint density at radius 3 is 2.42 bits per heavy atom. The number of hydrogen-bond acceptors (Lipinski definition) is 4. The second-order valence-corrected chi connectivity index (χ2v) is 7.80. The summed E-state index contributed by atoms with van der Waals surface area (Å²) in [6, 6.07) is 4.01. The number of carboxylic acid groups (broad SMARTS) is 1. The molecule has 1 aromatic rings. The number of amides is 1. The lowest BCUT2D eigenvalue weighted by atomic mass is 10.1. The lowest BCUT2D eigenvalue weighted by Crippen LogP contribution is -2.68. The van der Waals surface area contributed by atoms with E-state index in [2.05, 4.69) is 15.9 Å². The van der Waals surface area contributed by atoms with Crippen molar-refractivity contribution in [2.75, 3.05) is 4.31 Å². The summed E-state index contributed by atoms with van der Waals surface area (Å²) in [7, 11) is -3.88. The summed E-state index contributed by atoms with van der Waals surface area (Å²) in [6.45, 7) is 2.58. The summed E-state index contributed by atoms with van der Waals surface area (Å²) >= 11 is 3.13. The Hall–Kier alpha value is -1.41. The highest BCUT2D eigenvalue weighted by Gasteiger charge is 2.61. The number of carbonyl (C=O) groups is 2. The normalized spacial score (nSPS) is 19.9. The van der Waals surface area contributed by atoms with E-state index in [-0.39, 0.29) is 11.3 Å². The molecule has 1 N–H and O–H groups in total. The van der Waals surface area contributed by atoms with Crippen molar-refractivity contribution in [2.24, 2.45) is 0 Å². The minimum atomic E-state index is -3.88. The van der Waals surface area contributed by atoms with E-state index in [9.17, 15) is 18.0 Å². The maximum atomic E-state index is 12.1. The molecular formula is C11H10BrNO5S. The van der Waals surface area contributed by atoms with Crippen molar-refractivity contribution in [3.8, 4) is 0 Å². The maximum absolute atomic E-state index is 12.1. The fraction of sp³-hybridized carbons (Fsp3) is 0.273. The van der Waals surface area contributed by atoms with Crippen molar-refractivity contribution < 1.29 is 23.1 Å². The zero-order chi connectivity index (χ0) is 14.6. The number of benzene rings is 1. The van der Waals surface area contributed by atoms with Crippen LogP contribution in [0.3, 0.4) is 0 Å². The number of halogens is 1. The Morgan fingerprint density at radius 1 is 1.37 bits per heavy atom. The van der Waals surface area contributed by atoms with Crippen LogP contribution in [0, 0.1) is 0 Å². The molecule has 1 amide bonds. The third kappa shape index (κ3) is 1.78. The van der Waals surface area contributed by atoms with Gasteiger partial charge >= 0.3 is 5.97 Å². The van der Waals surface area contributed by atoms with Gasteiger partial charge in [-0.2, -0.15) is 0 Å². The lowest BCUT2D eigenvalue weighted by molar-refractivity contribution is -0.120. The summed E-state index contributed by atoms with van der Waals surface area (Å²) < 4.78 is 23.6. The van der Waals surface area contributed by atoms with E-state index in [0.717, 1.165) is 0 Å². The molecule has 1 saturated heterocycles. The summed E-state index contributed by atoms with van der Waals surface area (Å²) in [5.74, 6) is -1.94. The second-order valence-electron chi connectivity index (χ2n) is 4.55. The Kier molecular flexibility index (Phi) is 2.98. The van der Waals surface area contributed by atoms with Crippen molar-refractivity contribution >= 4 is 43.5 Å². The molecule has 6 nitrogen and oxygen atoms in total. The van der Waals surface area contributed by atoms with Crippen molar-refractivity contribution in [2.45, 2.75) is 18.6 Å². The van der Waals surface area contributed by atoms with Gasteiger partial charge in [-0.3, -0.25) is 4.79 Å². The number of aromatic carboxylic acids is 1. The van der Waals surface area contributed by atoms with Gasteiger partial charge < -0.3 is 5.11 Å². The van der Waals surface area contributed by atoms with Crippen LogP contribution in [-0.4, -0.2) is 30.1 Å². The van der Waals surface area contributed by atoms with Gasteiger partial charge in [0.25, 0.3) is 15.9 Å². The molecule has 0 spiro atoms. The number of rotatable bonds is 2. The van der Waals surface area contributed by atoms with Gasteiger partial charge in [-0.05, 0) is 32.0 Å². The summed E-state index contributed by atoms with van der Waals surface area (Å²) in [5.41, 5.74) is -0.387. The quantitative estimate of drug-likeness (QED) is 0.877. The first kappa shape index (κ1) is 14.0. The van der Waals surface area contributed by atoms with E-state index in [1.807, 2.05) is 0 Å². The van der Waals surface area contributed by atoms with E-state index in [1.165, 1.54) is 32.0 Å². The first-order valence-corrected chi connectivity index (χ1v) is 7.46. The zero-order valence-corrected chi connectivity index (χ0v) is 12.4. The van der Waals surface area contributed by atoms with Crippen LogP contribution in [0.1, 0.15) is 24.2 Å². The van der Waals surface area contributed by atoms with E-state index in [1.54, 1.807) is 0 Å². The van der Waals surface area contributed by atoms with Gasteiger partial charge in [0.05, 0.1) is 11.3 Å². The van der Waals surface area contributed by atoms with E-state index in [0.29, 0.717) is 8.78 Å². The second kappa shape index (κ2) is 4.04. The van der Waals surface area contributed by atoms with Gasteiger partial charge in [0.15, 0.2) is 4.75 Å². The van der Waals surface area contributed by atoms with Crippen molar-refractivity contribution in [1.82, 2.24) is 0 Å². The number of carbonyl (C=O) groups excluding carboxylic acids is 1. The number of anilines is 1. The van der Waals surface area contributed by atoms with E-state index < -0.39 is 26.6 Å². The van der Waals surface area contributed by atoms with Crippen LogP contribution in [0.4, 0.5) is 5.69 Å². The molecule has 2 rings (SSSR count). The molecule has 1 aromatic carbocycles. The molecule has 0 aliphatic carbocycles. The molecule has 0 aromatic heterocycles. The first-order chi connectivity index (χ1) is 8.60. The highest BCUT2D eigenvalue weighted by molar-refractivity contribution is 9.10. The van der Waals surface area contributed by atoms with Gasteiger partial charge in [0, 0.05) is 4.47 Å². The molecule has 0 unspecified atom stereocenters. The van der Waals surface area contributed by atoms with Crippen molar-refractivity contribution in [3.05, 3.63) is 28.2 Å². The number of sulfonamides is 1. The highest BCUT2D eigenvalue weighted by atomic mass is 79.9. The molecule has 1 heterocycles. The van der Waals surface area contributed by atoms with Crippen molar-refractivity contribution in [1.29, 1.82) is 0 Å². The van der Waals surface area contributed by atoms with Crippen LogP contribution in [0.15, 0.2) is 22.7 Å². The summed E-state index contributed by atoms with van der Waals surface area (Å²) in [4.78, 5) is 23.0. The maximum Gasteiger partial charge on any atom is 0.337 e. The van der Waals surface area contributed by atoms with Crippen LogP contribution in [0.5, 0.6) is 0 Å². The number of hydrogen-bond donors (Lipinski definition) is 1. The van der Waals surface area contributed by atoms with Gasteiger partial charge in [0.2, 0.25) is 0 Å². The van der Waals surface area contributed by atoms with Gasteiger partial charge in [-0.15, -0.1) is 0 Å². The summed E-state index contributed by atoms with van der Waals surface area (Å²) in [5, 5.41) is 9.06. The highest BCUT2D eigenvalue weighted by Crippen LogP contribution is 2.41. The predicted molar refractivity (Wildman–Crippen MR) is 71.6 cm³/mol. The molecule has 102 valence electrons. The monoisotopic (exact) mass is 347 g/mol. The number of nitrogens with zero attached hydrogens (tertiary/aromatic N) is 1. The summed E-state index contributed by atoms with van der Waals surface area (Å²) in [6.07, 6.45) is 0. The first-order valence-electron chi connectivity index (χ1n) is 5.23. The number of carboxylic acids is 1. The molecule has 8 heteroatoms. The molecule has 1 aliphatic rings. The predicted octanol–water partition coefficient (Wildman–Crippen LogP) is 1.60. The van der Waals surface area contributed by atoms with Gasteiger partial charge in [-0.25, -0.2) is 17.5 Å². The fourth-order valence-corrected chi connectivity index (χ4v) is 3.59. The third-order valence-electron chi connectivity index (χ3n) is 2.99. The topological polar surface area (TPSA) is 91.8 Å². The Balaban J connectivity index is 2.65. The van der Waals surface area contributed by atoms with Crippen LogP contribution in [0.2, 0.25) is 0 Å². The molecule has 1 aliphatic heterocycles. The molecule has 1 fully saturated rings. The SMILES string of the molecule is CC1(C)C(=O)N(c2cc(Br)ccc2C(=O)O)S1(=O)=O. The standard InChI is InChI=1S/C11H10BrNO5S/c1-11(2)10(16)13(19(11,17)18)8-5-6(12)3-4-7(8)9(14)15/h3-5H,1-2H3,(H,14,15). The molecule has 0 bridgehead atoms. The molecule has 0 radical (unpaired) electrons. The fourth-order valence-electron chi connectivity index (χ4n) is 1.75. The Bertz CT molecular complexity index is 695. The minimum absolute atomic E-state index is 0.147. The van der Waals surface area contributed by atoms with E-state index in [4.69, 9.17) is 5.11 Å². The Labute approximate surface area is 118 Å². The smallest absolute Gasteiger partial charge is 0.337 e. The van der Waals surface area contributed by atoms with Crippen LogP contribution in [0.25, 0.3) is 0 Å².